The van der Waals surface area contributed by atoms with Crippen LogP contribution in [0.4, 0.5) is 19.3 Å². The molecule has 0 radical (unpaired) electrons. The fourth-order valence-corrected chi connectivity index (χ4v) is 4.10. The zero-order valence-electron chi connectivity index (χ0n) is 18.1. The van der Waals surface area contributed by atoms with E-state index in [1.165, 1.54) is 24.3 Å². The number of urea groups is 1. The number of rotatable bonds is 4. The molecule has 0 bridgehead atoms. The van der Waals surface area contributed by atoms with Crippen molar-refractivity contribution >= 4 is 22.5 Å². The van der Waals surface area contributed by atoms with E-state index >= 15 is 0 Å². The highest BCUT2D eigenvalue weighted by atomic mass is 19.1. The van der Waals surface area contributed by atoms with Crippen LogP contribution in [-0.2, 0) is 11.3 Å². The van der Waals surface area contributed by atoms with E-state index in [1.54, 1.807) is 17.0 Å². The lowest BCUT2D eigenvalue weighted by atomic mass is 9.95. The second kappa shape index (κ2) is 9.00. The van der Waals surface area contributed by atoms with Crippen molar-refractivity contribution in [2.75, 3.05) is 18.5 Å². The van der Waals surface area contributed by atoms with E-state index in [-0.39, 0.29) is 35.8 Å². The second-order valence-corrected chi connectivity index (χ2v) is 8.35. The van der Waals surface area contributed by atoms with Gasteiger partial charge in [-0.2, -0.15) is 5.26 Å². The van der Waals surface area contributed by atoms with Crippen molar-refractivity contribution < 1.29 is 18.3 Å². The Kier molecular flexibility index (Phi) is 6.11. The maximum atomic E-state index is 13.8. The lowest BCUT2D eigenvalue weighted by Gasteiger charge is -2.37. The van der Waals surface area contributed by atoms with Crippen LogP contribution in [0.2, 0.25) is 0 Å². The Labute approximate surface area is 188 Å². The minimum Gasteiger partial charge on any atom is -0.373 e. The van der Waals surface area contributed by atoms with E-state index < -0.39 is 29.3 Å². The van der Waals surface area contributed by atoms with Crippen molar-refractivity contribution in [2.45, 2.75) is 26.5 Å². The minimum atomic E-state index is -0.674. The highest BCUT2D eigenvalue weighted by Crippen LogP contribution is 2.34. The van der Waals surface area contributed by atoms with Crippen LogP contribution in [0, 0.1) is 28.9 Å². The summed E-state index contributed by atoms with van der Waals surface area (Å²) in [5.41, 5.74) is 0.897. The maximum absolute atomic E-state index is 13.8. The standard InChI is InChI=1S/C24H22F2N4O3/c1-13(2)10-30(24(32)28-16-4-6-19(26)14(7-16)9-27)21-12-33-11-20-22(21)17-5-3-15(25)8-18(17)23(31)29-20/h3-8,13,21H,10-12H2,1-2H3,(H,28,32)(H,29,31)/t21-/m0/s1. The van der Waals surface area contributed by atoms with Gasteiger partial charge in [-0.1, -0.05) is 19.9 Å². The Hall–Kier alpha value is -3.77. The number of nitriles is 1. The zero-order valence-corrected chi connectivity index (χ0v) is 18.1. The van der Waals surface area contributed by atoms with Crippen LogP contribution in [0.25, 0.3) is 10.8 Å². The van der Waals surface area contributed by atoms with E-state index in [0.29, 0.717) is 23.2 Å². The van der Waals surface area contributed by atoms with E-state index in [2.05, 4.69) is 10.3 Å². The number of aromatic nitrogens is 1. The van der Waals surface area contributed by atoms with Crippen molar-refractivity contribution in [1.29, 1.82) is 5.26 Å². The molecule has 1 aromatic heterocycles. The molecule has 2 amide bonds. The second-order valence-electron chi connectivity index (χ2n) is 8.35. The summed E-state index contributed by atoms with van der Waals surface area (Å²) >= 11 is 0. The van der Waals surface area contributed by atoms with Gasteiger partial charge in [0.15, 0.2) is 0 Å². The van der Waals surface area contributed by atoms with Gasteiger partial charge >= 0.3 is 6.03 Å². The summed E-state index contributed by atoms with van der Waals surface area (Å²) in [6.07, 6.45) is 0. The number of nitrogens with one attached hydrogen (secondary N) is 2. The van der Waals surface area contributed by atoms with Gasteiger partial charge in [0.25, 0.3) is 5.56 Å². The van der Waals surface area contributed by atoms with Gasteiger partial charge in [0.05, 0.1) is 30.2 Å². The molecular formula is C24H22F2N4O3. The SMILES string of the molecule is CC(C)CN(C(=O)Nc1ccc(F)c(C#N)c1)[C@H]1COCc2[nH]c(=O)c3cc(F)ccc3c21. The zero-order chi connectivity index (χ0) is 23.7. The van der Waals surface area contributed by atoms with Crippen LogP contribution < -0.4 is 10.9 Å². The number of pyridine rings is 1. The molecule has 0 spiro atoms. The number of benzene rings is 2. The number of H-pyrrole nitrogens is 1. The third-order valence-corrected chi connectivity index (χ3v) is 5.50. The van der Waals surface area contributed by atoms with Gasteiger partial charge in [0.2, 0.25) is 0 Å². The van der Waals surface area contributed by atoms with Crippen molar-refractivity contribution in [3.05, 3.63) is 75.2 Å². The first-order valence-corrected chi connectivity index (χ1v) is 10.5. The van der Waals surface area contributed by atoms with E-state index in [4.69, 9.17) is 10.00 Å². The Morgan fingerprint density at radius 3 is 2.79 bits per heavy atom. The summed E-state index contributed by atoms with van der Waals surface area (Å²) in [6.45, 7) is 4.61. The highest BCUT2D eigenvalue weighted by Gasteiger charge is 2.33. The normalized spacial score (nSPS) is 15.2. The third-order valence-electron chi connectivity index (χ3n) is 5.50. The molecule has 2 aromatic carbocycles. The lowest BCUT2D eigenvalue weighted by Crippen LogP contribution is -2.44. The summed E-state index contributed by atoms with van der Waals surface area (Å²) in [5.74, 6) is -1.11. The summed E-state index contributed by atoms with van der Waals surface area (Å²) in [5, 5.41) is 12.6. The summed E-state index contributed by atoms with van der Waals surface area (Å²) in [4.78, 5) is 30.2. The first kappa shape index (κ1) is 22.4. The molecule has 0 fully saturated rings. The van der Waals surface area contributed by atoms with Crippen LogP contribution >= 0.6 is 0 Å². The minimum absolute atomic E-state index is 0.0930. The smallest absolute Gasteiger partial charge is 0.322 e. The van der Waals surface area contributed by atoms with Gasteiger partial charge in [-0.15, -0.1) is 0 Å². The number of carbonyl (C=O) groups excluding carboxylic acids is 1. The molecule has 1 aliphatic heterocycles. The quantitative estimate of drug-likeness (QED) is 0.612. The lowest BCUT2D eigenvalue weighted by molar-refractivity contribution is 0.0425. The van der Waals surface area contributed by atoms with Crippen molar-refractivity contribution in [3.63, 3.8) is 0 Å². The first-order valence-electron chi connectivity index (χ1n) is 10.5. The number of amides is 2. The molecule has 1 aliphatic rings. The van der Waals surface area contributed by atoms with Crippen LogP contribution in [0.3, 0.4) is 0 Å². The number of hydrogen-bond donors (Lipinski definition) is 2. The van der Waals surface area contributed by atoms with E-state index in [9.17, 15) is 18.4 Å². The maximum Gasteiger partial charge on any atom is 0.322 e. The predicted octanol–water partition coefficient (Wildman–Crippen LogP) is 4.44. The molecule has 0 unspecified atom stereocenters. The predicted molar refractivity (Wildman–Crippen MR) is 119 cm³/mol. The van der Waals surface area contributed by atoms with Gasteiger partial charge < -0.3 is 19.9 Å². The topological polar surface area (TPSA) is 98.2 Å². The number of ether oxygens (including phenoxy) is 1. The Bertz CT molecular complexity index is 1330. The number of aromatic amines is 1. The number of carbonyl (C=O) groups is 1. The monoisotopic (exact) mass is 452 g/mol. The molecule has 0 aliphatic carbocycles. The van der Waals surface area contributed by atoms with Crippen LogP contribution in [0.1, 0.15) is 36.7 Å². The number of halogens is 2. The first-order chi connectivity index (χ1) is 15.8. The van der Waals surface area contributed by atoms with Gasteiger partial charge in [-0.25, -0.2) is 13.6 Å². The van der Waals surface area contributed by atoms with Crippen molar-refractivity contribution in [3.8, 4) is 6.07 Å². The molecule has 4 rings (SSSR count). The summed E-state index contributed by atoms with van der Waals surface area (Å²) < 4.78 is 33.2. The molecule has 170 valence electrons. The molecule has 2 heterocycles. The fourth-order valence-electron chi connectivity index (χ4n) is 4.10. The van der Waals surface area contributed by atoms with Crippen LogP contribution in [0.5, 0.6) is 0 Å². The van der Waals surface area contributed by atoms with Crippen molar-refractivity contribution in [2.24, 2.45) is 5.92 Å². The molecule has 3 aromatic rings. The molecule has 0 saturated carbocycles. The number of anilines is 1. The number of fused-ring (bicyclic) bond motifs is 3. The van der Waals surface area contributed by atoms with Gasteiger partial charge in [-0.05, 0) is 41.6 Å². The largest absolute Gasteiger partial charge is 0.373 e. The molecule has 1 atom stereocenters. The Morgan fingerprint density at radius 1 is 1.27 bits per heavy atom. The van der Waals surface area contributed by atoms with Gasteiger partial charge in [0, 0.05) is 23.5 Å². The molecule has 0 saturated heterocycles. The average molecular weight is 452 g/mol. The molecule has 33 heavy (non-hydrogen) atoms. The number of nitrogens with zero attached hydrogens (tertiary/aromatic N) is 2. The van der Waals surface area contributed by atoms with Crippen molar-refractivity contribution in [1.82, 2.24) is 9.88 Å². The molecular weight excluding hydrogens is 430 g/mol. The van der Waals surface area contributed by atoms with Gasteiger partial charge in [-0.3, -0.25) is 4.79 Å². The average Bonchev–Trinajstić information content (AvgIpc) is 2.78. The van der Waals surface area contributed by atoms with Crippen LogP contribution in [0.15, 0.2) is 41.2 Å². The number of hydrogen-bond acceptors (Lipinski definition) is 4. The fraction of sp³-hybridized carbons (Fsp3) is 0.292. The Balaban J connectivity index is 1.77. The summed E-state index contributed by atoms with van der Waals surface area (Å²) in [7, 11) is 0. The summed E-state index contributed by atoms with van der Waals surface area (Å²) in [6, 6.07) is 8.49. The molecule has 7 nitrogen and oxygen atoms in total. The van der Waals surface area contributed by atoms with Gasteiger partial charge in [0.1, 0.15) is 17.7 Å². The van der Waals surface area contributed by atoms with Crippen LogP contribution in [-0.4, -0.2) is 29.1 Å². The molecule has 9 heteroatoms. The third kappa shape index (κ3) is 4.43. The highest BCUT2D eigenvalue weighted by molar-refractivity contribution is 5.91. The Morgan fingerprint density at radius 2 is 2.06 bits per heavy atom. The van der Waals surface area contributed by atoms with E-state index in [1.807, 2.05) is 13.8 Å². The molecule has 2 N–H and O–H groups in total. The van der Waals surface area contributed by atoms with E-state index in [0.717, 1.165) is 6.07 Å².